The Morgan fingerprint density at radius 2 is 2.08 bits per heavy atom. The van der Waals surface area contributed by atoms with E-state index in [0.717, 1.165) is 17.9 Å². The normalized spacial score (nSPS) is 42.0. The van der Waals surface area contributed by atoms with Crippen LogP contribution in [0.1, 0.15) is 19.3 Å². The Bertz CT molecular complexity index is 165. The van der Waals surface area contributed by atoms with Gasteiger partial charge < -0.3 is 10.2 Å². The Hall–Kier alpha value is -0.0800. The zero-order chi connectivity index (χ0) is 7.97. The molecule has 3 fully saturated rings. The van der Waals surface area contributed by atoms with E-state index in [4.69, 9.17) is 0 Å². The fourth-order valence-electron chi connectivity index (χ4n) is 2.75. The van der Waals surface area contributed by atoms with Crippen LogP contribution in [0.5, 0.6) is 0 Å². The first-order valence-corrected chi connectivity index (χ1v) is 5.37. The fourth-order valence-corrected chi connectivity index (χ4v) is 2.75. The SMILES string of the molecule is C1C[C@H]2CN(CC3CC3)C[C@H]2N1. The van der Waals surface area contributed by atoms with E-state index in [0.29, 0.717) is 0 Å². The average Bonchev–Trinajstić information content (AvgIpc) is 2.56. The summed E-state index contributed by atoms with van der Waals surface area (Å²) >= 11 is 0. The highest BCUT2D eigenvalue weighted by molar-refractivity contribution is 4.95. The van der Waals surface area contributed by atoms with Crippen molar-refractivity contribution in [2.45, 2.75) is 25.3 Å². The van der Waals surface area contributed by atoms with Gasteiger partial charge in [0.2, 0.25) is 0 Å². The van der Waals surface area contributed by atoms with Crippen molar-refractivity contribution in [1.82, 2.24) is 10.2 Å². The van der Waals surface area contributed by atoms with E-state index >= 15 is 0 Å². The molecule has 0 aromatic heterocycles. The minimum absolute atomic E-state index is 0.851. The van der Waals surface area contributed by atoms with Gasteiger partial charge in [-0.15, -0.1) is 0 Å². The van der Waals surface area contributed by atoms with Crippen molar-refractivity contribution >= 4 is 0 Å². The molecule has 2 heterocycles. The van der Waals surface area contributed by atoms with Gasteiger partial charge in [-0.2, -0.15) is 0 Å². The zero-order valence-electron chi connectivity index (χ0n) is 7.63. The number of likely N-dealkylation sites (tertiary alicyclic amines) is 1. The number of rotatable bonds is 2. The van der Waals surface area contributed by atoms with Crippen LogP contribution in [0.15, 0.2) is 0 Å². The molecule has 3 aliphatic rings. The molecule has 1 aliphatic carbocycles. The first-order valence-electron chi connectivity index (χ1n) is 5.37. The Labute approximate surface area is 74.3 Å². The molecule has 1 N–H and O–H groups in total. The van der Waals surface area contributed by atoms with Gasteiger partial charge in [-0.25, -0.2) is 0 Å². The monoisotopic (exact) mass is 166 g/mol. The number of nitrogens with zero attached hydrogens (tertiary/aromatic N) is 1. The van der Waals surface area contributed by atoms with Gasteiger partial charge in [0.05, 0.1) is 0 Å². The standard InChI is InChI=1S/C10H18N2/c1-2-8(1)5-12-6-9-3-4-11-10(9)7-12/h8-11H,1-7H2/t9-,10+/m0/s1. The smallest absolute Gasteiger partial charge is 0.0235 e. The van der Waals surface area contributed by atoms with Crippen LogP contribution in [-0.4, -0.2) is 37.1 Å². The second-order valence-corrected chi connectivity index (χ2v) is 4.77. The maximum atomic E-state index is 3.60. The van der Waals surface area contributed by atoms with E-state index in [1.807, 2.05) is 0 Å². The summed E-state index contributed by atoms with van der Waals surface area (Å²) < 4.78 is 0. The topological polar surface area (TPSA) is 15.3 Å². The molecule has 0 radical (unpaired) electrons. The Morgan fingerprint density at radius 1 is 1.17 bits per heavy atom. The predicted molar refractivity (Wildman–Crippen MR) is 49.1 cm³/mol. The first-order chi connectivity index (χ1) is 5.92. The lowest BCUT2D eigenvalue weighted by Crippen LogP contribution is -2.31. The molecule has 0 amide bonds. The van der Waals surface area contributed by atoms with Gasteiger partial charge in [-0.1, -0.05) is 0 Å². The number of nitrogens with one attached hydrogen (secondary N) is 1. The van der Waals surface area contributed by atoms with Gasteiger partial charge in [0.15, 0.2) is 0 Å². The summed E-state index contributed by atoms with van der Waals surface area (Å²) in [4.78, 5) is 2.68. The van der Waals surface area contributed by atoms with Crippen molar-refractivity contribution in [2.24, 2.45) is 11.8 Å². The molecule has 68 valence electrons. The highest BCUT2D eigenvalue weighted by atomic mass is 15.2. The van der Waals surface area contributed by atoms with Crippen molar-refractivity contribution in [3.8, 4) is 0 Å². The molecule has 2 atom stereocenters. The summed E-state index contributed by atoms with van der Waals surface area (Å²) in [7, 11) is 0. The third-order valence-electron chi connectivity index (χ3n) is 3.65. The molecule has 0 aromatic carbocycles. The van der Waals surface area contributed by atoms with Crippen LogP contribution in [0, 0.1) is 11.8 Å². The third-order valence-corrected chi connectivity index (χ3v) is 3.65. The second-order valence-electron chi connectivity index (χ2n) is 4.77. The van der Waals surface area contributed by atoms with E-state index < -0.39 is 0 Å². The highest BCUT2D eigenvalue weighted by Crippen LogP contribution is 2.32. The van der Waals surface area contributed by atoms with Gasteiger partial charge in [0.25, 0.3) is 0 Å². The fraction of sp³-hybridized carbons (Fsp3) is 1.00. The van der Waals surface area contributed by atoms with Gasteiger partial charge in [-0.3, -0.25) is 0 Å². The van der Waals surface area contributed by atoms with Gasteiger partial charge in [-0.05, 0) is 37.6 Å². The van der Waals surface area contributed by atoms with Gasteiger partial charge in [0, 0.05) is 25.7 Å². The molecular weight excluding hydrogens is 148 g/mol. The van der Waals surface area contributed by atoms with Crippen LogP contribution in [0.2, 0.25) is 0 Å². The minimum atomic E-state index is 0.851. The summed E-state index contributed by atoms with van der Waals surface area (Å²) in [5, 5.41) is 3.60. The Kier molecular flexibility index (Phi) is 1.66. The van der Waals surface area contributed by atoms with Gasteiger partial charge >= 0.3 is 0 Å². The third kappa shape index (κ3) is 1.27. The maximum Gasteiger partial charge on any atom is 0.0235 e. The molecule has 0 aromatic rings. The van der Waals surface area contributed by atoms with Crippen molar-refractivity contribution in [1.29, 1.82) is 0 Å². The minimum Gasteiger partial charge on any atom is -0.312 e. The number of hydrogen-bond donors (Lipinski definition) is 1. The summed E-state index contributed by atoms with van der Waals surface area (Å²) in [5.41, 5.74) is 0. The summed E-state index contributed by atoms with van der Waals surface area (Å²) in [5.74, 6) is 2.06. The van der Waals surface area contributed by atoms with E-state index in [1.54, 1.807) is 0 Å². The van der Waals surface area contributed by atoms with E-state index in [9.17, 15) is 0 Å². The lowest BCUT2D eigenvalue weighted by atomic mass is 10.1. The molecule has 2 heteroatoms. The van der Waals surface area contributed by atoms with Crippen LogP contribution in [-0.2, 0) is 0 Å². The number of fused-ring (bicyclic) bond motifs is 1. The molecule has 2 nitrogen and oxygen atoms in total. The lowest BCUT2D eigenvalue weighted by molar-refractivity contribution is 0.302. The molecule has 2 saturated heterocycles. The molecule has 0 bridgehead atoms. The van der Waals surface area contributed by atoms with Crippen LogP contribution >= 0.6 is 0 Å². The molecular formula is C10H18N2. The first kappa shape index (κ1) is 7.34. The van der Waals surface area contributed by atoms with Gasteiger partial charge in [0.1, 0.15) is 0 Å². The van der Waals surface area contributed by atoms with Crippen molar-refractivity contribution in [2.75, 3.05) is 26.2 Å². The summed E-state index contributed by atoms with van der Waals surface area (Å²) in [6, 6.07) is 0.851. The average molecular weight is 166 g/mol. The molecule has 0 unspecified atom stereocenters. The maximum absolute atomic E-state index is 3.60. The highest BCUT2D eigenvalue weighted by Gasteiger charge is 2.37. The Morgan fingerprint density at radius 3 is 2.83 bits per heavy atom. The van der Waals surface area contributed by atoms with E-state index in [-0.39, 0.29) is 0 Å². The lowest BCUT2D eigenvalue weighted by Gasteiger charge is -2.15. The zero-order valence-corrected chi connectivity index (χ0v) is 7.63. The van der Waals surface area contributed by atoms with Crippen molar-refractivity contribution < 1.29 is 0 Å². The quantitative estimate of drug-likeness (QED) is 0.649. The Balaban J connectivity index is 1.56. The molecule has 1 saturated carbocycles. The van der Waals surface area contributed by atoms with Crippen molar-refractivity contribution in [3.05, 3.63) is 0 Å². The van der Waals surface area contributed by atoms with E-state index in [1.165, 1.54) is 45.4 Å². The largest absolute Gasteiger partial charge is 0.312 e. The molecule has 2 aliphatic heterocycles. The van der Waals surface area contributed by atoms with Crippen molar-refractivity contribution in [3.63, 3.8) is 0 Å². The van der Waals surface area contributed by atoms with Crippen LogP contribution in [0.3, 0.4) is 0 Å². The second kappa shape index (κ2) is 2.71. The molecule has 0 spiro atoms. The summed E-state index contributed by atoms with van der Waals surface area (Å²) in [6.07, 6.45) is 4.42. The summed E-state index contributed by atoms with van der Waals surface area (Å²) in [6.45, 7) is 5.39. The van der Waals surface area contributed by atoms with Crippen LogP contribution in [0.4, 0.5) is 0 Å². The molecule has 12 heavy (non-hydrogen) atoms. The van der Waals surface area contributed by atoms with Crippen LogP contribution in [0.25, 0.3) is 0 Å². The molecule has 3 rings (SSSR count). The number of hydrogen-bond acceptors (Lipinski definition) is 2. The van der Waals surface area contributed by atoms with E-state index in [2.05, 4.69) is 10.2 Å². The van der Waals surface area contributed by atoms with Crippen LogP contribution < -0.4 is 5.32 Å². The predicted octanol–water partition coefficient (Wildman–Crippen LogP) is 0.690.